The topological polar surface area (TPSA) is 63.4 Å². The molecule has 1 saturated heterocycles. The normalized spacial score (nSPS) is 16.2. The Morgan fingerprint density at radius 3 is 2.33 bits per heavy atom. The SMILES string of the molecule is Nc1cc(F)ccc1N1C(=O)CCC1=O. The molecule has 1 aromatic carbocycles. The summed E-state index contributed by atoms with van der Waals surface area (Å²) in [6, 6.07) is 3.60. The minimum Gasteiger partial charge on any atom is -0.397 e. The van der Waals surface area contributed by atoms with Crippen LogP contribution in [0.25, 0.3) is 0 Å². The second kappa shape index (κ2) is 3.34. The zero-order chi connectivity index (χ0) is 11.0. The second-order valence-corrected chi connectivity index (χ2v) is 3.33. The van der Waals surface area contributed by atoms with Crippen LogP contribution in [0, 0.1) is 5.82 Å². The van der Waals surface area contributed by atoms with Gasteiger partial charge in [-0.25, -0.2) is 9.29 Å². The Balaban J connectivity index is 2.45. The Morgan fingerprint density at radius 2 is 1.80 bits per heavy atom. The summed E-state index contributed by atoms with van der Waals surface area (Å²) >= 11 is 0. The average molecular weight is 208 g/mol. The first-order valence-electron chi connectivity index (χ1n) is 4.50. The third-order valence-corrected chi connectivity index (χ3v) is 2.28. The molecule has 0 aromatic heterocycles. The number of halogens is 1. The Hall–Kier alpha value is -1.91. The highest BCUT2D eigenvalue weighted by molar-refractivity contribution is 6.21. The van der Waals surface area contributed by atoms with Crippen LogP contribution in [0.3, 0.4) is 0 Å². The summed E-state index contributed by atoms with van der Waals surface area (Å²) < 4.78 is 12.8. The van der Waals surface area contributed by atoms with Gasteiger partial charge in [-0.2, -0.15) is 0 Å². The van der Waals surface area contributed by atoms with E-state index in [1.54, 1.807) is 0 Å². The van der Waals surface area contributed by atoms with Gasteiger partial charge in [-0.3, -0.25) is 9.59 Å². The number of benzene rings is 1. The van der Waals surface area contributed by atoms with Crippen LogP contribution in [0.2, 0.25) is 0 Å². The van der Waals surface area contributed by atoms with Crippen molar-refractivity contribution in [2.24, 2.45) is 0 Å². The van der Waals surface area contributed by atoms with Crippen LogP contribution in [0.15, 0.2) is 18.2 Å². The smallest absolute Gasteiger partial charge is 0.234 e. The van der Waals surface area contributed by atoms with Crippen molar-refractivity contribution in [3.05, 3.63) is 24.0 Å². The molecule has 1 heterocycles. The van der Waals surface area contributed by atoms with Gasteiger partial charge in [-0.1, -0.05) is 0 Å². The number of hydrogen-bond donors (Lipinski definition) is 1. The number of nitrogens with two attached hydrogens (primary N) is 1. The second-order valence-electron chi connectivity index (χ2n) is 3.33. The van der Waals surface area contributed by atoms with Gasteiger partial charge in [0.15, 0.2) is 0 Å². The van der Waals surface area contributed by atoms with Gasteiger partial charge in [0.2, 0.25) is 11.8 Å². The first-order valence-corrected chi connectivity index (χ1v) is 4.50. The first kappa shape index (κ1) is 9.64. The molecular formula is C10H9FN2O2. The fraction of sp³-hybridized carbons (Fsp3) is 0.200. The van der Waals surface area contributed by atoms with E-state index in [-0.39, 0.29) is 36.0 Å². The van der Waals surface area contributed by atoms with Crippen molar-refractivity contribution < 1.29 is 14.0 Å². The summed E-state index contributed by atoms with van der Waals surface area (Å²) in [7, 11) is 0. The van der Waals surface area contributed by atoms with Crippen molar-refractivity contribution in [1.82, 2.24) is 0 Å². The third kappa shape index (κ3) is 1.56. The predicted molar refractivity (Wildman–Crippen MR) is 52.5 cm³/mol. The molecule has 0 unspecified atom stereocenters. The highest BCUT2D eigenvalue weighted by Crippen LogP contribution is 2.28. The van der Waals surface area contributed by atoms with Crippen LogP contribution in [0.5, 0.6) is 0 Å². The lowest BCUT2D eigenvalue weighted by molar-refractivity contribution is -0.121. The minimum absolute atomic E-state index is 0.0959. The van der Waals surface area contributed by atoms with Gasteiger partial charge in [0.1, 0.15) is 5.82 Å². The van der Waals surface area contributed by atoms with Crippen molar-refractivity contribution in [3.8, 4) is 0 Å². The molecule has 2 amide bonds. The molecule has 2 rings (SSSR count). The van der Waals surface area contributed by atoms with E-state index in [1.807, 2.05) is 0 Å². The van der Waals surface area contributed by atoms with E-state index in [9.17, 15) is 14.0 Å². The first-order chi connectivity index (χ1) is 7.09. The quantitative estimate of drug-likeness (QED) is 0.554. The predicted octanol–water partition coefficient (Wildman–Crippen LogP) is 1.06. The summed E-state index contributed by atoms with van der Waals surface area (Å²) in [5, 5.41) is 0. The fourth-order valence-electron chi connectivity index (χ4n) is 1.57. The van der Waals surface area contributed by atoms with Gasteiger partial charge in [0.25, 0.3) is 0 Å². The Morgan fingerprint density at radius 1 is 1.20 bits per heavy atom. The van der Waals surface area contributed by atoms with Crippen molar-refractivity contribution in [2.75, 3.05) is 10.6 Å². The number of anilines is 2. The molecule has 0 bridgehead atoms. The number of carbonyl (C=O) groups is 2. The van der Waals surface area contributed by atoms with E-state index >= 15 is 0 Å². The number of imide groups is 1. The molecule has 0 saturated carbocycles. The van der Waals surface area contributed by atoms with Crippen LogP contribution < -0.4 is 10.6 Å². The molecule has 1 fully saturated rings. The van der Waals surface area contributed by atoms with Crippen LogP contribution in [0.1, 0.15) is 12.8 Å². The largest absolute Gasteiger partial charge is 0.397 e. The summed E-state index contributed by atoms with van der Waals surface area (Å²) in [4.78, 5) is 23.8. The van der Waals surface area contributed by atoms with E-state index in [2.05, 4.69) is 0 Å². The molecule has 5 heteroatoms. The van der Waals surface area contributed by atoms with E-state index in [0.717, 1.165) is 11.0 Å². The average Bonchev–Trinajstić information content (AvgIpc) is 2.48. The van der Waals surface area contributed by atoms with Crippen molar-refractivity contribution >= 4 is 23.2 Å². The number of carbonyl (C=O) groups excluding carboxylic acids is 2. The van der Waals surface area contributed by atoms with Crippen molar-refractivity contribution in [1.29, 1.82) is 0 Å². The maximum Gasteiger partial charge on any atom is 0.234 e. The molecule has 0 radical (unpaired) electrons. The monoisotopic (exact) mass is 208 g/mol. The Kier molecular flexibility index (Phi) is 2.15. The maximum absolute atomic E-state index is 12.8. The number of hydrogen-bond acceptors (Lipinski definition) is 3. The molecule has 1 aliphatic heterocycles. The summed E-state index contributed by atoms with van der Waals surface area (Å²) in [6.07, 6.45) is 0.380. The third-order valence-electron chi connectivity index (χ3n) is 2.28. The molecule has 0 aliphatic carbocycles. The zero-order valence-electron chi connectivity index (χ0n) is 7.87. The maximum atomic E-state index is 12.8. The Labute approximate surface area is 85.5 Å². The summed E-state index contributed by atoms with van der Waals surface area (Å²) in [6.45, 7) is 0. The highest BCUT2D eigenvalue weighted by Gasteiger charge is 2.31. The van der Waals surface area contributed by atoms with Crippen LogP contribution in [-0.4, -0.2) is 11.8 Å². The Bertz CT molecular complexity index is 429. The van der Waals surface area contributed by atoms with Crippen LogP contribution >= 0.6 is 0 Å². The molecule has 78 valence electrons. The minimum atomic E-state index is -0.490. The van der Waals surface area contributed by atoms with Gasteiger partial charge >= 0.3 is 0 Å². The molecule has 1 aliphatic rings. The summed E-state index contributed by atoms with van der Waals surface area (Å²) in [5.74, 6) is -1.08. The highest BCUT2D eigenvalue weighted by atomic mass is 19.1. The molecule has 1 aromatic rings. The van der Waals surface area contributed by atoms with Gasteiger partial charge in [0, 0.05) is 12.8 Å². The lowest BCUT2D eigenvalue weighted by Crippen LogP contribution is -2.29. The van der Waals surface area contributed by atoms with Gasteiger partial charge < -0.3 is 5.73 Å². The van der Waals surface area contributed by atoms with Crippen LogP contribution in [0.4, 0.5) is 15.8 Å². The van der Waals surface area contributed by atoms with E-state index < -0.39 is 5.82 Å². The molecule has 4 nitrogen and oxygen atoms in total. The van der Waals surface area contributed by atoms with E-state index in [0.29, 0.717) is 0 Å². The van der Waals surface area contributed by atoms with Crippen molar-refractivity contribution in [2.45, 2.75) is 12.8 Å². The molecule has 15 heavy (non-hydrogen) atoms. The van der Waals surface area contributed by atoms with Gasteiger partial charge in [-0.15, -0.1) is 0 Å². The molecule has 2 N–H and O–H groups in total. The van der Waals surface area contributed by atoms with E-state index in [1.165, 1.54) is 12.1 Å². The fourth-order valence-corrected chi connectivity index (χ4v) is 1.57. The van der Waals surface area contributed by atoms with Crippen molar-refractivity contribution in [3.63, 3.8) is 0 Å². The number of rotatable bonds is 1. The van der Waals surface area contributed by atoms with E-state index in [4.69, 9.17) is 5.73 Å². The lowest BCUT2D eigenvalue weighted by Gasteiger charge is -2.15. The number of amides is 2. The zero-order valence-corrected chi connectivity index (χ0v) is 7.87. The van der Waals surface area contributed by atoms with Gasteiger partial charge in [-0.05, 0) is 18.2 Å². The van der Waals surface area contributed by atoms with Gasteiger partial charge in [0.05, 0.1) is 11.4 Å². The molecule has 0 atom stereocenters. The van der Waals surface area contributed by atoms with Crippen LogP contribution in [-0.2, 0) is 9.59 Å². The number of nitrogens with zero attached hydrogens (tertiary/aromatic N) is 1. The summed E-state index contributed by atoms with van der Waals surface area (Å²) in [5.41, 5.74) is 5.90. The standard InChI is InChI=1S/C10H9FN2O2/c11-6-1-2-8(7(12)5-6)13-9(14)3-4-10(13)15/h1-2,5H,3-4,12H2. The number of nitrogen functional groups attached to an aromatic ring is 1. The lowest BCUT2D eigenvalue weighted by atomic mass is 10.2. The molecular weight excluding hydrogens is 199 g/mol. The molecule has 0 spiro atoms.